The van der Waals surface area contributed by atoms with Crippen molar-refractivity contribution in [3.8, 4) is 0 Å². The zero-order valence-corrected chi connectivity index (χ0v) is 31.0. The van der Waals surface area contributed by atoms with Crippen LogP contribution in [0.2, 0.25) is 0 Å². The molecular formula is C44H55N3O2. The van der Waals surface area contributed by atoms with Crippen LogP contribution in [0.25, 0.3) is 39.3 Å². The van der Waals surface area contributed by atoms with Crippen LogP contribution in [0.5, 0.6) is 0 Å². The molecule has 5 heteroatoms. The first-order valence-corrected chi connectivity index (χ1v) is 18.3. The van der Waals surface area contributed by atoms with E-state index in [4.69, 9.17) is 0 Å². The second-order valence-electron chi connectivity index (χ2n) is 16.7. The highest BCUT2D eigenvalue weighted by Crippen LogP contribution is 2.48. The van der Waals surface area contributed by atoms with Gasteiger partial charge in [-0.3, -0.25) is 4.79 Å². The zero-order valence-electron chi connectivity index (χ0n) is 31.0. The Balaban J connectivity index is 1.58. The highest BCUT2D eigenvalue weighted by molar-refractivity contribution is 6.52. The smallest absolute Gasteiger partial charge is 0.201 e. The van der Waals surface area contributed by atoms with E-state index < -0.39 is 0 Å². The number of anilines is 3. The third kappa shape index (κ3) is 6.45. The number of aliphatic hydroxyl groups excluding tert-OH is 1. The van der Waals surface area contributed by atoms with Crippen molar-refractivity contribution < 1.29 is 9.90 Å². The summed E-state index contributed by atoms with van der Waals surface area (Å²) in [5.74, 6) is 1.75. The lowest BCUT2D eigenvalue weighted by molar-refractivity contribution is -0.109. The minimum Gasteiger partial charge on any atom is -0.506 e. The van der Waals surface area contributed by atoms with Crippen LogP contribution in [0.4, 0.5) is 17.1 Å². The van der Waals surface area contributed by atoms with E-state index in [0.717, 1.165) is 80.3 Å². The van der Waals surface area contributed by atoms with E-state index in [2.05, 4.69) is 115 Å². The molecule has 258 valence electrons. The highest BCUT2D eigenvalue weighted by atomic mass is 16.3. The van der Waals surface area contributed by atoms with Crippen molar-refractivity contribution in [1.82, 2.24) is 0 Å². The number of carbonyl (C=O) groups is 1. The average molecular weight is 658 g/mol. The quantitative estimate of drug-likeness (QED) is 0.129. The monoisotopic (exact) mass is 657 g/mol. The lowest BCUT2D eigenvalue weighted by atomic mass is 9.78. The van der Waals surface area contributed by atoms with Gasteiger partial charge >= 0.3 is 0 Å². The molecular weight excluding hydrogens is 603 g/mol. The largest absolute Gasteiger partial charge is 0.506 e. The first-order valence-electron chi connectivity index (χ1n) is 18.3. The van der Waals surface area contributed by atoms with Crippen LogP contribution in [0.15, 0.2) is 66.4 Å². The van der Waals surface area contributed by atoms with Crippen molar-refractivity contribution in [1.29, 1.82) is 0 Å². The molecule has 0 aromatic heterocycles. The van der Waals surface area contributed by atoms with Crippen LogP contribution in [-0.2, 0) is 4.79 Å². The average Bonchev–Trinajstić information content (AvgIpc) is 2.98. The predicted molar refractivity (Wildman–Crippen MR) is 210 cm³/mol. The number of allylic oxidation sites excluding steroid dienone is 2. The minimum atomic E-state index is -0.382. The fourth-order valence-corrected chi connectivity index (χ4v) is 9.02. The molecule has 0 bridgehead atoms. The maximum atomic E-state index is 14.5. The molecule has 6 rings (SSSR count). The van der Waals surface area contributed by atoms with Crippen LogP contribution in [0.1, 0.15) is 93.6 Å². The van der Waals surface area contributed by atoms with E-state index in [0.29, 0.717) is 34.8 Å². The fourth-order valence-electron chi connectivity index (χ4n) is 9.02. The predicted octanol–water partition coefficient (Wildman–Crippen LogP) is 9.99. The molecule has 0 amide bonds. The molecule has 49 heavy (non-hydrogen) atoms. The van der Waals surface area contributed by atoms with Gasteiger partial charge in [0, 0.05) is 32.8 Å². The molecule has 5 nitrogen and oxygen atoms in total. The molecule has 0 saturated heterocycles. The highest BCUT2D eigenvalue weighted by Gasteiger charge is 2.42. The van der Waals surface area contributed by atoms with Crippen molar-refractivity contribution in [3.63, 3.8) is 0 Å². The Bertz CT molecular complexity index is 2070. The zero-order chi connectivity index (χ0) is 35.4. The number of benzene rings is 4. The van der Waals surface area contributed by atoms with E-state index in [9.17, 15) is 9.90 Å². The molecule has 0 atom stereocenters. The lowest BCUT2D eigenvalue weighted by Gasteiger charge is -2.45. The van der Waals surface area contributed by atoms with Gasteiger partial charge in [0.1, 0.15) is 11.4 Å². The Morgan fingerprint density at radius 2 is 1.35 bits per heavy atom. The fraction of sp³-hybridized carbons (Fsp3) is 0.432. The number of carbonyl (C=O) groups excluding carboxylic acids is 1. The van der Waals surface area contributed by atoms with E-state index in [1.807, 2.05) is 30.3 Å². The molecule has 0 spiro atoms. The van der Waals surface area contributed by atoms with Gasteiger partial charge in [0.05, 0.1) is 22.5 Å². The molecule has 2 aliphatic rings. The third-order valence-corrected chi connectivity index (χ3v) is 10.0. The van der Waals surface area contributed by atoms with E-state index in [-0.39, 0.29) is 22.7 Å². The van der Waals surface area contributed by atoms with Crippen molar-refractivity contribution in [2.75, 3.05) is 16.0 Å². The summed E-state index contributed by atoms with van der Waals surface area (Å²) in [6, 6.07) is 20.6. The molecule has 0 unspecified atom stereocenters. The molecule has 0 saturated carbocycles. The number of aliphatic hydroxyl groups is 1. The van der Waals surface area contributed by atoms with Gasteiger partial charge in [0.2, 0.25) is 5.78 Å². The summed E-state index contributed by atoms with van der Waals surface area (Å²) < 4.78 is 0. The summed E-state index contributed by atoms with van der Waals surface area (Å²) in [6.07, 6.45) is 3.76. The Hall–Kier alpha value is -4.25. The molecule has 1 aliphatic carbocycles. The molecule has 1 aliphatic heterocycles. The van der Waals surface area contributed by atoms with Gasteiger partial charge in [0.25, 0.3) is 0 Å². The van der Waals surface area contributed by atoms with Crippen LogP contribution < -0.4 is 26.4 Å². The Morgan fingerprint density at radius 3 is 1.94 bits per heavy atom. The van der Waals surface area contributed by atoms with Gasteiger partial charge in [0.15, 0.2) is 0 Å². The Labute approximate surface area is 292 Å². The number of hydrogen-bond acceptors (Lipinski definition) is 5. The number of fused-ring (bicyclic) bond motifs is 1. The number of hydrogen-bond donors (Lipinski definition) is 4. The topological polar surface area (TPSA) is 73.4 Å². The van der Waals surface area contributed by atoms with E-state index in [1.165, 1.54) is 0 Å². The van der Waals surface area contributed by atoms with Gasteiger partial charge < -0.3 is 21.1 Å². The summed E-state index contributed by atoms with van der Waals surface area (Å²) in [5, 5.41) is 29.6. The molecule has 0 radical (unpaired) electrons. The van der Waals surface area contributed by atoms with Gasteiger partial charge in [-0.1, -0.05) is 117 Å². The van der Waals surface area contributed by atoms with Crippen molar-refractivity contribution in [3.05, 3.63) is 82.4 Å². The summed E-state index contributed by atoms with van der Waals surface area (Å²) in [7, 11) is 0. The van der Waals surface area contributed by atoms with Gasteiger partial charge in [-0.2, -0.15) is 0 Å². The van der Waals surface area contributed by atoms with Crippen LogP contribution >= 0.6 is 0 Å². The first kappa shape index (κ1) is 34.6. The van der Waals surface area contributed by atoms with Gasteiger partial charge in [-0.05, 0) is 78.3 Å². The van der Waals surface area contributed by atoms with Crippen molar-refractivity contribution >= 4 is 62.1 Å². The second kappa shape index (κ2) is 12.9. The normalized spacial score (nSPS) is 17.0. The van der Waals surface area contributed by atoms with Crippen LogP contribution in [0, 0.1) is 23.7 Å². The number of rotatable bonds is 11. The number of ketones is 1. The molecule has 0 fully saturated rings. The molecule has 4 aromatic rings. The molecule has 1 heterocycles. The summed E-state index contributed by atoms with van der Waals surface area (Å²) in [6.45, 7) is 24.7. The van der Waals surface area contributed by atoms with Crippen LogP contribution in [0.3, 0.4) is 0 Å². The number of nitrogens with one attached hydrogen (secondary N) is 3. The standard InChI is InChI=1S/C44H55N3O2/c1-25(2)21-43(10,22-26(3)4)46-39-32(19-17-30-14-11-13-29(9)35(30)39)37-41(48)38(42(37)49)33-20-18-31-15-12-16-34-36(31)40(33)47-44(45-34,23-27(5)6)24-28(7)8/h11-20,25-28,45-48H,9,21-24H2,1-8,10H3/b37-32-. The van der Waals surface area contributed by atoms with Gasteiger partial charge in [-0.25, -0.2) is 0 Å². The first-order chi connectivity index (χ1) is 23.1. The SMILES string of the molecule is C=c1cccc2cc/c(=C3/C(=O)C(c4ccc5cccc6c5c4NC(CC(C)C)(CC(C)C)N6)=C3O)c(NC(C)(CC(C)C)CC(C)C)c12. The van der Waals surface area contributed by atoms with Crippen molar-refractivity contribution in [2.24, 2.45) is 23.7 Å². The minimum absolute atomic E-state index is 0.0510. The maximum Gasteiger partial charge on any atom is 0.201 e. The Morgan fingerprint density at radius 1 is 0.755 bits per heavy atom. The lowest BCUT2D eigenvalue weighted by Crippen LogP contribution is -2.50. The number of Topliss-reactive ketones (excluding diaryl/α,β-unsaturated/α-hetero) is 1. The Kier molecular flexibility index (Phi) is 9.11. The summed E-state index contributed by atoms with van der Waals surface area (Å²) >= 11 is 0. The summed E-state index contributed by atoms with van der Waals surface area (Å²) in [5.41, 5.74) is 3.73. The maximum absolute atomic E-state index is 14.5. The van der Waals surface area contributed by atoms with Crippen LogP contribution in [-0.4, -0.2) is 22.1 Å². The molecule has 4 aromatic carbocycles. The molecule has 4 N–H and O–H groups in total. The summed E-state index contributed by atoms with van der Waals surface area (Å²) in [4.78, 5) is 14.5. The second-order valence-corrected chi connectivity index (χ2v) is 16.7. The van der Waals surface area contributed by atoms with E-state index in [1.54, 1.807) is 0 Å². The van der Waals surface area contributed by atoms with Gasteiger partial charge in [-0.15, -0.1) is 0 Å². The third-order valence-electron chi connectivity index (χ3n) is 10.0. The van der Waals surface area contributed by atoms with Crippen molar-refractivity contribution in [2.45, 2.75) is 99.2 Å². The van der Waals surface area contributed by atoms with E-state index >= 15 is 0 Å².